The molecule has 4 nitrogen and oxygen atoms in total. The van der Waals surface area contributed by atoms with Crippen LogP contribution >= 0.6 is 22.6 Å². The van der Waals surface area contributed by atoms with Gasteiger partial charge in [0.05, 0.1) is 0 Å². The van der Waals surface area contributed by atoms with Crippen LogP contribution in [0.25, 0.3) is 0 Å². The van der Waals surface area contributed by atoms with Crippen molar-refractivity contribution >= 4 is 28.5 Å². The molecule has 1 atom stereocenters. The highest BCUT2D eigenvalue weighted by molar-refractivity contribution is 14.1. The average Bonchev–Trinajstić information content (AvgIpc) is 2.30. The lowest BCUT2D eigenvalue weighted by atomic mass is 10.0. The zero-order chi connectivity index (χ0) is 10.7. The molecule has 0 aliphatic carbocycles. The van der Waals surface area contributed by atoms with Crippen molar-refractivity contribution < 1.29 is 0 Å². The summed E-state index contributed by atoms with van der Waals surface area (Å²) < 4.78 is 1.07. The molecule has 1 fully saturated rings. The quantitative estimate of drug-likeness (QED) is 0.838. The standard InChI is InChI=1S/C10H15IN4/c11-8-6-13-10(14-7-8)15-4-2-1-3-9(15)5-12/h6-7,9H,1-5,12H2. The van der Waals surface area contributed by atoms with E-state index in [-0.39, 0.29) is 0 Å². The van der Waals surface area contributed by atoms with E-state index in [1.165, 1.54) is 12.8 Å². The second kappa shape index (κ2) is 5.07. The van der Waals surface area contributed by atoms with E-state index in [1.54, 1.807) is 0 Å². The monoisotopic (exact) mass is 318 g/mol. The molecule has 0 aromatic carbocycles. The summed E-state index contributed by atoms with van der Waals surface area (Å²) in [5, 5.41) is 0. The number of hydrogen-bond acceptors (Lipinski definition) is 4. The molecule has 2 heterocycles. The summed E-state index contributed by atoms with van der Waals surface area (Å²) in [6, 6.07) is 0.416. The Labute approximate surface area is 103 Å². The Morgan fingerprint density at radius 1 is 1.40 bits per heavy atom. The third-order valence-electron chi connectivity index (χ3n) is 2.76. The molecule has 0 amide bonds. The molecule has 0 bridgehead atoms. The molecule has 15 heavy (non-hydrogen) atoms. The summed E-state index contributed by atoms with van der Waals surface area (Å²) in [6.45, 7) is 1.72. The number of rotatable bonds is 2. The molecule has 0 spiro atoms. The molecule has 1 aliphatic rings. The number of aromatic nitrogens is 2. The van der Waals surface area contributed by atoms with Crippen molar-refractivity contribution in [1.29, 1.82) is 0 Å². The maximum atomic E-state index is 5.76. The molecule has 1 aromatic heterocycles. The van der Waals surface area contributed by atoms with Gasteiger partial charge in [-0.3, -0.25) is 0 Å². The molecular weight excluding hydrogens is 303 g/mol. The van der Waals surface area contributed by atoms with E-state index in [1.807, 2.05) is 12.4 Å². The lowest BCUT2D eigenvalue weighted by Crippen LogP contribution is -2.45. The zero-order valence-electron chi connectivity index (χ0n) is 8.56. The number of halogens is 1. The fraction of sp³-hybridized carbons (Fsp3) is 0.600. The maximum absolute atomic E-state index is 5.76. The topological polar surface area (TPSA) is 55.0 Å². The van der Waals surface area contributed by atoms with Gasteiger partial charge in [0.2, 0.25) is 5.95 Å². The summed E-state index contributed by atoms with van der Waals surface area (Å²) >= 11 is 2.21. The van der Waals surface area contributed by atoms with Crippen LogP contribution in [-0.2, 0) is 0 Å². The molecule has 0 radical (unpaired) electrons. The van der Waals surface area contributed by atoms with Gasteiger partial charge >= 0.3 is 0 Å². The van der Waals surface area contributed by atoms with Crippen molar-refractivity contribution in [2.45, 2.75) is 25.3 Å². The van der Waals surface area contributed by atoms with Crippen molar-refractivity contribution in [2.24, 2.45) is 5.73 Å². The SMILES string of the molecule is NCC1CCCCN1c1ncc(I)cn1. The first kappa shape index (κ1) is 11.1. The number of nitrogens with two attached hydrogens (primary N) is 1. The van der Waals surface area contributed by atoms with E-state index in [0.717, 1.165) is 22.5 Å². The predicted octanol–water partition coefficient (Wildman–Crippen LogP) is 1.40. The second-order valence-corrected chi connectivity index (χ2v) is 5.03. The fourth-order valence-electron chi connectivity index (χ4n) is 1.96. The highest BCUT2D eigenvalue weighted by Crippen LogP contribution is 2.20. The lowest BCUT2D eigenvalue weighted by Gasteiger charge is -2.34. The lowest BCUT2D eigenvalue weighted by molar-refractivity contribution is 0.458. The summed E-state index contributed by atoms with van der Waals surface area (Å²) in [6.07, 6.45) is 7.34. The zero-order valence-corrected chi connectivity index (χ0v) is 10.7. The second-order valence-electron chi connectivity index (χ2n) is 3.78. The Kier molecular flexibility index (Phi) is 3.74. The van der Waals surface area contributed by atoms with Crippen LogP contribution < -0.4 is 10.6 Å². The van der Waals surface area contributed by atoms with Gasteiger partial charge in [0.25, 0.3) is 0 Å². The third-order valence-corrected chi connectivity index (χ3v) is 3.32. The fourth-order valence-corrected chi connectivity index (χ4v) is 2.24. The smallest absolute Gasteiger partial charge is 0.225 e. The van der Waals surface area contributed by atoms with E-state index < -0.39 is 0 Å². The summed E-state index contributed by atoms with van der Waals surface area (Å²) in [5.74, 6) is 0.825. The van der Waals surface area contributed by atoms with Crippen LogP contribution in [0.15, 0.2) is 12.4 Å². The van der Waals surface area contributed by atoms with Crippen LogP contribution in [0.1, 0.15) is 19.3 Å². The van der Waals surface area contributed by atoms with Crippen molar-refractivity contribution in [2.75, 3.05) is 18.0 Å². The van der Waals surface area contributed by atoms with Gasteiger partial charge in [-0.2, -0.15) is 0 Å². The van der Waals surface area contributed by atoms with Gasteiger partial charge in [-0.15, -0.1) is 0 Å². The van der Waals surface area contributed by atoms with E-state index in [9.17, 15) is 0 Å². The van der Waals surface area contributed by atoms with Crippen molar-refractivity contribution in [3.63, 3.8) is 0 Å². The molecule has 0 saturated carbocycles. The number of hydrogen-bond donors (Lipinski definition) is 1. The Hall–Kier alpha value is -0.430. The largest absolute Gasteiger partial charge is 0.337 e. The van der Waals surface area contributed by atoms with E-state index in [4.69, 9.17) is 5.73 Å². The van der Waals surface area contributed by atoms with Gasteiger partial charge in [0.15, 0.2) is 0 Å². The highest BCUT2D eigenvalue weighted by Gasteiger charge is 2.22. The number of anilines is 1. The third kappa shape index (κ3) is 2.57. The predicted molar refractivity (Wildman–Crippen MR) is 68.8 cm³/mol. The summed E-state index contributed by atoms with van der Waals surface area (Å²) in [4.78, 5) is 10.9. The van der Waals surface area contributed by atoms with Crippen LogP contribution in [-0.4, -0.2) is 29.1 Å². The van der Waals surface area contributed by atoms with Crippen molar-refractivity contribution in [3.8, 4) is 0 Å². The minimum Gasteiger partial charge on any atom is -0.337 e. The Balaban J connectivity index is 2.16. The van der Waals surface area contributed by atoms with Gasteiger partial charge in [0.1, 0.15) is 0 Å². The van der Waals surface area contributed by atoms with Gasteiger partial charge in [-0.1, -0.05) is 0 Å². The summed E-state index contributed by atoms with van der Waals surface area (Å²) in [7, 11) is 0. The van der Waals surface area contributed by atoms with Crippen LogP contribution in [0.4, 0.5) is 5.95 Å². The van der Waals surface area contributed by atoms with Crippen LogP contribution in [0.5, 0.6) is 0 Å². The molecule has 2 N–H and O–H groups in total. The molecule has 2 rings (SSSR count). The van der Waals surface area contributed by atoms with Crippen LogP contribution in [0.2, 0.25) is 0 Å². The number of piperidine rings is 1. The van der Waals surface area contributed by atoms with Crippen LogP contribution in [0.3, 0.4) is 0 Å². The molecule has 82 valence electrons. The maximum Gasteiger partial charge on any atom is 0.225 e. The van der Waals surface area contributed by atoms with Gasteiger partial charge in [-0.25, -0.2) is 9.97 Å². The normalized spacial score (nSPS) is 21.7. The van der Waals surface area contributed by atoms with Gasteiger partial charge in [-0.05, 0) is 41.9 Å². The molecular formula is C10H15IN4. The Bertz CT molecular complexity index is 314. The highest BCUT2D eigenvalue weighted by atomic mass is 127. The molecule has 1 aromatic rings. The summed E-state index contributed by atoms with van der Waals surface area (Å²) in [5.41, 5.74) is 5.76. The molecule has 5 heteroatoms. The van der Waals surface area contributed by atoms with Gasteiger partial charge < -0.3 is 10.6 Å². The first-order chi connectivity index (χ1) is 7.31. The van der Waals surface area contributed by atoms with E-state index in [0.29, 0.717) is 12.6 Å². The minimum atomic E-state index is 0.416. The molecule has 1 saturated heterocycles. The van der Waals surface area contributed by atoms with Crippen LogP contribution in [0, 0.1) is 3.57 Å². The number of nitrogens with zero attached hydrogens (tertiary/aromatic N) is 3. The molecule has 1 unspecified atom stereocenters. The Morgan fingerprint density at radius 3 is 2.80 bits per heavy atom. The van der Waals surface area contributed by atoms with Crippen molar-refractivity contribution in [3.05, 3.63) is 16.0 Å². The minimum absolute atomic E-state index is 0.416. The average molecular weight is 318 g/mol. The van der Waals surface area contributed by atoms with Gasteiger partial charge in [0, 0.05) is 35.1 Å². The Morgan fingerprint density at radius 2 is 2.13 bits per heavy atom. The van der Waals surface area contributed by atoms with Crippen molar-refractivity contribution in [1.82, 2.24) is 9.97 Å². The molecule has 1 aliphatic heterocycles. The first-order valence-electron chi connectivity index (χ1n) is 5.25. The van der Waals surface area contributed by atoms with E-state index in [2.05, 4.69) is 37.5 Å². The first-order valence-corrected chi connectivity index (χ1v) is 6.33. The van der Waals surface area contributed by atoms with E-state index >= 15 is 0 Å².